The number of likely N-dealkylation sites (N-methyl/N-ethyl adjacent to an activating group) is 1. The maximum absolute atomic E-state index is 6.09. The molecule has 0 aliphatic carbocycles. The van der Waals surface area contributed by atoms with Gasteiger partial charge in [-0.2, -0.15) is 0 Å². The molecule has 1 unspecified atom stereocenters. The van der Waals surface area contributed by atoms with Crippen molar-refractivity contribution in [2.45, 2.75) is 51.2 Å². The van der Waals surface area contributed by atoms with Crippen LogP contribution in [0.15, 0.2) is 0 Å². The summed E-state index contributed by atoms with van der Waals surface area (Å²) in [6, 6.07) is 1.06. The Balaban J connectivity index is 2.65. The molecular weight excluding hydrogens is 226 g/mol. The molecule has 4 nitrogen and oxygen atoms in total. The largest absolute Gasteiger partial charge is 0.383 e. The highest BCUT2D eigenvalue weighted by atomic mass is 16.5. The van der Waals surface area contributed by atoms with E-state index in [0.29, 0.717) is 12.1 Å². The number of rotatable bonds is 6. The third-order valence-electron chi connectivity index (χ3n) is 4.66. The van der Waals surface area contributed by atoms with Gasteiger partial charge in [0.25, 0.3) is 0 Å². The molecule has 2 N–H and O–H groups in total. The van der Waals surface area contributed by atoms with Crippen molar-refractivity contribution in [1.29, 1.82) is 0 Å². The summed E-state index contributed by atoms with van der Waals surface area (Å²) in [6.45, 7) is 10.6. The van der Waals surface area contributed by atoms with Gasteiger partial charge < -0.3 is 15.4 Å². The van der Waals surface area contributed by atoms with Crippen molar-refractivity contribution in [3.63, 3.8) is 0 Å². The van der Waals surface area contributed by atoms with E-state index in [2.05, 4.69) is 37.6 Å². The number of hydrogen-bond donors (Lipinski definition) is 1. The maximum atomic E-state index is 6.09. The lowest BCUT2D eigenvalue weighted by molar-refractivity contribution is -0.00803. The van der Waals surface area contributed by atoms with Crippen molar-refractivity contribution in [2.24, 2.45) is 5.73 Å². The van der Waals surface area contributed by atoms with E-state index in [4.69, 9.17) is 10.5 Å². The van der Waals surface area contributed by atoms with E-state index in [9.17, 15) is 0 Å². The van der Waals surface area contributed by atoms with Gasteiger partial charge in [0.2, 0.25) is 0 Å². The Morgan fingerprint density at radius 1 is 1.28 bits per heavy atom. The van der Waals surface area contributed by atoms with Crippen LogP contribution >= 0.6 is 0 Å². The molecule has 0 aromatic carbocycles. The third-order valence-corrected chi connectivity index (χ3v) is 4.66. The summed E-state index contributed by atoms with van der Waals surface area (Å²) in [5, 5.41) is 0. The standard InChI is InChI=1S/C14H31N3O/c1-12(2)17-8-6-14(11-15,7-9-17)16(4)13(3)10-18-5/h12-13H,6-11,15H2,1-5H3. The monoisotopic (exact) mass is 257 g/mol. The Morgan fingerprint density at radius 2 is 1.83 bits per heavy atom. The molecule has 4 heteroatoms. The number of methoxy groups -OCH3 is 1. The molecule has 1 aliphatic rings. The highest BCUT2D eigenvalue weighted by Gasteiger charge is 2.39. The summed E-state index contributed by atoms with van der Waals surface area (Å²) in [7, 11) is 3.96. The van der Waals surface area contributed by atoms with Crippen LogP contribution in [0.2, 0.25) is 0 Å². The molecule has 108 valence electrons. The van der Waals surface area contributed by atoms with Crippen LogP contribution in [0.4, 0.5) is 0 Å². The number of nitrogens with zero attached hydrogens (tertiary/aromatic N) is 2. The second-order valence-corrected chi connectivity index (χ2v) is 5.97. The van der Waals surface area contributed by atoms with E-state index in [-0.39, 0.29) is 5.54 Å². The predicted molar refractivity (Wildman–Crippen MR) is 76.8 cm³/mol. The summed E-state index contributed by atoms with van der Waals surface area (Å²) in [4.78, 5) is 4.98. The van der Waals surface area contributed by atoms with Gasteiger partial charge in [-0.15, -0.1) is 0 Å². The van der Waals surface area contributed by atoms with Gasteiger partial charge in [-0.1, -0.05) is 0 Å². The third kappa shape index (κ3) is 3.44. The molecule has 1 fully saturated rings. The zero-order valence-electron chi connectivity index (χ0n) is 12.8. The Hall–Kier alpha value is -0.160. The molecule has 1 saturated heterocycles. The molecule has 18 heavy (non-hydrogen) atoms. The van der Waals surface area contributed by atoms with Crippen molar-refractivity contribution in [1.82, 2.24) is 9.80 Å². The summed E-state index contributed by atoms with van der Waals surface area (Å²) >= 11 is 0. The van der Waals surface area contributed by atoms with Gasteiger partial charge in [-0.3, -0.25) is 4.90 Å². The Morgan fingerprint density at radius 3 is 2.22 bits per heavy atom. The highest BCUT2D eigenvalue weighted by molar-refractivity contribution is 4.97. The SMILES string of the molecule is COCC(C)N(C)C1(CN)CCN(C(C)C)CC1. The Bertz CT molecular complexity index is 237. The van der Waals surface area contributed by atoms with Crippen LogP contribution in [-0.2, 0) is 4.74 Å². The molecule has 0 aromatic rings. The lowest BCUT2D eigenvalue weighted by Crippen LogP contribution is -2.61. The molecule has 0 amide bonds. The summed E-state index contributed by atoms with van der Waals surface area (Å²) in [5.41, 5.74) is 6.25. The van der Waals surface area contributed by atoms with Gasteiger partial charge >= 0.3 is 0 Å². The topological polar surface area (TPSA) is 41.7 Å². The fourth-order valence-electron chi connectivity index (χ4n) is 2.98. The minimum Gasteiger partial charge on any atom is -0.383 e. The average molecular weight is 257 g/mol. The van der Waals surface area contributed by atoms with Crippen molar-refractivity contribution in [2.75, 3.05) is 40.4 Å². The minimum absolute atomic E-state index is 0.156. The lowest BCUT2D eigenvalue weighted by Gasteiger charge is -2.49. The molecule has 1 rings (SSSR count). The molecule has 0 aromatic heterocycles. The first-order valence-electron chi connectivity index (χ1n) is 7.13. The van der Waals surface area contributed by atoms with Gasteiger partial charge in [0, 0.05) is 44.4 Å². The zero-order chi connectivity index (χ0) is 13.8. The van der Waals surface area contributed by atoms with Crippen LogP contribution in [0.1, 0.15) is 33.6 Å². The second-order valence-electron chi connectivity index (χ2n) is 5.97. The van der Waals surface area contributed by atoms with Crippen LogP contribution in [0.5, 0.6) is 0 Å². The van der Waals surface area contributed by atoms with E-state index < -0.39 is 0 Å². The van der Waals surface area contributed by atoms with Gasteiger partial charge in [-0.05, 0) is 40.7 Å². The molecule has 0 spiro atoms. The first kappa shape index (κ1) is 15.9. The normalized spacial score (nSPS) is 22.7. The van der Waals surface area contributed by atoms with Crippen LogP contribution in [-0.4, -0.2) is 67.8 Å². The quantitative estimate of drug-likeness (QED) is 0.775. The van der Waals surface area contributed by atoms with Crippen molar-refractivity contribution < 1.29 is 4.74 Å². The first-order chi connectivity index (χ1) is 8.46. The fraction of sp³-hybridized carbons (Fsp3) is 1.00. The van der Waals surface area contributed by atoms with E-state index >= 15 is 0 Å². The highest BCUT2D eigenvalue weighted by Crippen LogP contribution is 2.29. The van der Waals surface area contributed by atoms with Crippen molar-refractivity contribution in [3.05, 3.63) is 0 Å². The summed E-state index contributed by atoms with van der Waals surface area (Å²) < 4.78 is 5.27. The number of likely N-dealkylation sites (tertiary alicyclic amines) is 1. The van der Waals surface area contributed by atoms with E-state index in [1.807, 2.05) is 0 Å². The van der Waals surface area contributed by atoms with Gasteiger partial charge in [0.05, 0.1) is 6.61 Å². The Kier molecular flexibility index (Phi) is 6.05. The summed E-state index contributed by atoms with van der Waals surface area (Å²) in [5.74, 6) is 0. The van der Waals surface area contributed by atoms with Crippen molar-refractivity contribution in [3.8, 4) is 0 Å². The number of nitrogens with two attached hydrogens (primary N) is 1. The number of piperidine rings is 1. The molecule has 0 saturated carbocycles. The fourth-order valence-corrected chi connectivity index (χ4v) is 2.98. The molecule has 0 bridgehead atoms. The molecule has 1 atom stereocenters. The first-order valence-corrected chi connectivity index (χ1v) is 7.13. The zero-order valence-corrected chi connectivity index (χ0v) is 12.8. The molecule has 1 heterocycles. The Labute approximate surface area is 112 Å². The van der Waals surface area contributed by atoms with Crippen LogP contribution < -0.4 is 5.73 Å². The molecular formula is C14H31N3O. The van der Waals surface area contributed by atoms with E-state index in [1.54, 1.807) is 7.11 Å². The second kappa shape index (κ2) is 6.85. The number of hydrogen-bond acceptors (Lipinski definition) is 4. The lowest BCUT2D eigenvalue weighted by atomic mass is 9.84. The summed E-state index contributed by atoms with van der Waals surface area (Å²) in [6.07, 6.45) is 2.32. The van der Waals surface area contributed by atoms with Gasteiger partial charge in [0.1, 0.15) is 0 Å². The minimum atomic E-state index is 0.156. The smallest absolute Gasteiger partial charge is 0.0615 e. The number of ether oxygens (including phenoxy) is 1. The van der Waals surface area contributed by atoms with Gasteiger partial charge in [0.15, 0.2) is 0 Å². The van der Waals surface area contributed by atoms with E-state index in [0.717, 1.165) is 39.1 Å². The van der Waals surface area contributed by atoms with E-state index in [1.165, 1.54) is 0 Å². The molecule has 0 radical (unpaired) electrons. The van der Waals surface area contributed by atoms with Crippen molar-refractivity contribution >= 4 is 0 Å². The van der Waals surface area contributed by atoms with Gasteiger partial charge in [-0.25, -0.2) is 0 Å². The predicted octanol–water partition coefficient (Wildman–Crippen LogP) is 1.15. The average Bonchev–Trinajstić information content (AvgIpc) is 2.38. The molecule has 1 aliphatic heterocycles. The van der Waals surface area contributed by atoms with Crippen LogP contribution in [0, 0.1) is 0 Å². The van der Waals surface area contributed by atoms with Crippen LogP contribution in [0.3, 0.4) is 0 Å². The maximum Gasteiger partial charge on any atom is 0.0615 e. The van der Waals surface area contributed by atoms with Crippen LogP contribution in [0.25, 0.3) is 0 Å².